The number of benzene rings is 2. The quantitative estimate of drug-likeness (QED) is 0.548. The summed E-state index contributed by atoms with van der Waals surface area (Å²) in [5.41, 5.74) is 3.04. The standard InChI is InChI=1S/C23H24Cl2N4O2/c1-3-31-22-8-7-18(25)15-20(22)27-9-11-28(12-10-27)23(30)21-13-16(2)26-29(21)19-6-4-5-17(24)14-19/h4-8,13-15H,3,9-12H2,1-2H3. The molecule has 8 heteroatoms. The fraction of sp³-hybridized carbons (Fsp3) is 0.304. The number of carbonyl (C=O) groups excluding carboxylic acids is 1. The lowest BCUT2D eigenvalue weighted by Gasteiger charge is -2.36. The molecular formula is C23H24Cl2N4O2. The van der Waals surface area contributed by atoms with E-state index in [0.29, 0.717) is 48.5 Å². The van der Waals surface area contributed by atoms with Crippen LogP contribution < -0.4 is 9.64 Å². The van der Waals surface area contributed by atoms with Crippen molar-refractivity contribution < 1.29 is 9.53 Å². The number of anilines is 1. The van der Waals surface area contributed by atoms with Gasteiger partial charge in [0.05, 0.1) is 23.7 Å². The van der Waals surface area contributed by atoms with Crippen molar-refractivity contribution in [3.63, 3.8) is 0 Å². The Balaban J connectivity index is 1.52. The molecule has 0 atom stereocenters. The molecule has 2 heterocycles. The van der Waals surface area contributed by atoms with E-state index in [-0.39, 0.29) is 5.91 Å². The van der Waals surface area contributed by atoms with E-state index in [9.17, 15) is 4.79 Å². The Bertz CT molecular complexity index is 1090. The smallest absolute Gasteiger partial charge is 0.272 e. The zero-order valence-electron chi connectivity index (χ0n) is 17.5. The molecule has 0 unspecified atom stereocenters. The van der Waals surface area contributed by atoms with Crippen LogP contribution in [0, 0.1) is 6.92 Å². The Kier molecular flexibility index (Phi) is 6.39. The van der Waals surface area contributed by atoms with Gasteiger partial charge in [-0.15, -0.1) is 0 Å². The highest BCUT2D eigenvalue weighted by Gasteiger charge is 2.27. The second kappa shape index (κ2) is 9.20. The summed E-state index contributed by atoms with van der Waals surface area (Å²) in [7, 11) is 0. The topological polar surface area (TPSA) is 50.6 Å². The molecule has 1 aliphatic rings. The molecule has 0 bridgehead atoms. The van der Waals surface area contributed by atoms with Gasteiger partial charge < -0.3 is 14.5 Å². The average Bonchev–Trinajstić information content (AvgIpc) is 3.16. The zero-order valence-corrected chi connectivity index (χ0v) is 19.0. The Morgan fingerprint density at radius 3 is 2.48 bits per heavy atom. The second-order valence-electron chi connectivity index (χ2n) is 7.39. The van der Waals surface area contributed by atoms with Crippen molar-refractivity contribution in [3.8, 4) is 11.4 Å². The molecule has 0 aliphatic carbocycles. The molecule has 1 fully saturated rings. The maximum Gasteiger partial charge on any atom is 0.272 e. The van der Waals surface area contributed by atoms with Gasteiger partial charge in [0, 0.05) is 36.2 Å². The number of aromatic nitrogens is 2. The lowest BCUT2D eigenvalue weighted by atomic mass is 10.2. The average molecular weight is 459 g/mol. The third kappa shape index (κ3) is 4.65. The number of amides is 1. The Hall–Kier alpha value is -2.70. The molecule has 2 aromatic carbocycles. The molecule has 6 nitrogen and oxygen atoms in total. The summed E-state index contributed by atoms with van der Waals surface area (Å²) >= 11 is 12.4. The van der Waals surface area contributed by atoms with Gasteiger partial charge in [-0.25, -0.2) is 4.68 Å². The lowest BCUT2D eigenvalue weighted by molar-refractivity contribution is 0.0737. The molecule has 1 aromatic heterocycles. The number of rotatable bonds is 5. The summed E-state index contributed by atoms with van der Waals surface area (Å²) in [6, 6.07) is 14.8. The first-order valence-electron chi connectivity index (χ1n) is 10.3. The van der Waals surface area contributed by atoms with Crippen molar-refractivity contribution in [2.24, 2.45) is 0 Å². The van der Waals surface area contributed by atoms with Crippen LogP contribution in [0.2, 0.25) is 10.0 Å². The number of hydrogen-bond donors (Lipinski definition) is 0. The summed E-state index contributed by atoms with van der Waals surface area (Å²) in [4.78, 5) is 17.4. The molecule has 162 valence electrons. The van der Waals surface area contributed by atoms with Gasteiger partial charge in [0.15, 0.2) is 0 Å². The van der Waals surface area contributed by atoms with Crippen molar-refractivity contribution in [2.75, 3.05) is 37.7 Å². The van der Waals surface area contributed by atoms with Gasteiger partial charge in [0.25, 0.3) is 5.91 Å². The zero-order chi connectivity index (χ0) is 22.0. The molecule has 3 aromatic rings. The highest BCUT2D eigenvalue weighted by atomic mass is 35.5. The third-order valence-corrected chi connectivity index (χ3v) is 5.70. The SMILES string of the molecule is CCOc1ccc(Cl)cc1N1CCN(C(=O)c2cc(C)nn2-c2cccc(Cl)c2)CC1. The molecule has 31 heavy (non-hydrogen) atoms. The maximum absolute atomic E-state index is 13.3. The van der Waals surface area contributed by atoms with Crippen molar-refractivity contribution in [2.45, 2.75) is 13.8 Å². The number of aryl methyl sites for hydroxylation is 1. The lowest BCUT2D eigenvalue weighted by Crippen LogP contribution is -2.49. The number of ether oxygens (including phenoxy) is 1. The van der Waals surface area contributed by atoms with Crippen LogP contribution >= 0.6 is 23.2 Å². The van der Waals surface area contributed by atoms with Crippen LogP contribution in [-0.2, 0) is 0 Å². The maximum atomic E-state index is 13.3. The van der Waals surface area contributed by atoms with Gasteiger partial charge in [-0.05, 0) is 56.3 Å². The van der Waals surface area contributed by atoms with E-state index < -0.39 is 0 Å². The van der Waals surface area contributed by atoms with E-state index >= 15 is 0 Å². The highest BCUT2D eigenvalue weighted by molar-refractivity contribution is 6.31. The predicted molar refractivity (Wildman–Crippen MR) is 124 cm³/mol. The first-order chi connectivity index (χ1) is 15.0. The molecule has 1 saturated heterocycles. The van der Waals surface area contributed by atoms with E-state index in [0.717, 1.165) is 22.8 Å². The summed E-state index contributed by atoms with van der Waals surface area (Å²) in [6.07, 6.45) is 0. The minimum Gasteiger partial charge on any atom is -0.492 e. The fourth-order valence-electron chi connectivity index (χ4n) is 3.78. The molecular weight excluding hydrogens is 435 g/mol. The number of carbonyl (C=O) groups is 1. The van der Waals surface area contributed by atoms with E-state index in [1.54, 1.807) is 16.8 Å². The van der Waals surface area contributed by atoms with Crippen molar-refractivity contribution in [3.05, 3.63) is 70.0 Å². The van der Waals surface area contributed by atoms with E-state index in [4.69, 9.17) is 27.9 Å². The molecule has 1 aliphatic heterocycles. The van der Waals surface area contributed by atoms with Crippen molar-refractivity contribution in [1.29, 1.82) is 0 Å². The van der Waals surface area contributed by atoms with Crippen LogP contribution in [0.5, 0.6) is 5.75 Å². The molecule has 1 amide bonds. The first kappa shape index (κ1) is 21.5. The van der Waals surface area contributed by atoms with Crippen LogP contribution in [0.15, 0.2) is 48.5 Å². The minimum atomic E-state index is -0.0450. The fourth-order valence-corrected chi connectivity index (χ4v) is 4.14. The normalized spacial score (nSPS) is 14.1. The number of nitrogens with zero attached hydrogens (tertiary/aromatic N) is 4. The van der Waals surface area contributed by atoms with Gasteiger partial charge in [0.1, 0.15) is 11.4 Å². The van der Waals surface area contributed by atoms with Crippen LogP contribution in [0.25, 0.3) is 5.69 Å². The highest BCUT2D eigenvalue weighted by Crippen LogP contribution is 2.32. The molecule has 0 radical (unpaired) electrons. The third-order valence-electron chi connectivity index (χ3n) is 5.23. The van der Waals surface area contributed by atoms with Crippen LogP contribution in [0.4, 0.5) is 5.69 Å². The largest absolute Gasteiger partial charge is 0.492 e. The van der Waals surface area contributed by atoms with E-state index in [2.05, 4.69) is 10.00 Å². The second-order valence-corrected chi connectivity index (χ2v) is 8.26. The van der Waals surface area contributed by atoms with E-state index in [1.807, 2.05) is 55.1 Å². The first-order valence-corrected chi connectivity index (χ1v) is 11.0. The van der Waals surface area contributed by atoms with Gasteiger partial charge in [0.2, 0.25) is 0 Å². The molecule has 4 rings (SSSR count). The van der Waals surface area contributed by atoms with Crippen molar-refractivity contribution in [1.82, 2.24) is 14.7 Å². The molecule has 0 N–H and O–H groups in total. The number of halogens is 2. The van der Waals surface area contributed by atoms with Gasteiger partial charge in [-0.2, -0.15) is 5.10 Å². The Morgan fingerprint density at radius 2 is 1.77 bits per heavy atom. The Labute approximate surface area is 191 Å². The van der Waals surface area contributed by atoms with Crippen LogP contribution in [0.1, 0.15) is 23.1 Å². The number of piperazine rings is 1. The monoisotopic (exact) mass is 458 g/mol. The molecule has 0 saturated carbocycles. The van der Waals surface area contributed by atoms with Crippen LogP contribution in [0.3, 0.4) is 0 Å². The van der Waals surface area contributed by atoms with Crippen LogP contribution in [-0.4, -0.2) is 53.4 Å². The summed E-state index contributed by atoms with van der Waals surface area (Å²) < 4.78 is 7.43. The van der Waals surface area contributed by atoms with Gasteiger partial charge >= 0.3 is 0 Å². The molecule has 0 spiro atoms. The Morgan fingerprint density at radius 1 is 1.03 bits per heavy atom. The summed E-state index contributed by atoms with van der Waals surface area (Å²) in [5, 5.41) is 5.78. The predicted octanol–water partition coefficient (Wildman–Crippen LogP) is 4.85. The van der Waals surface area contributed by atoms with E-state index in [1.165, 1.54) is 0 Å². The van der Waals surface area contributed by atoms with Gasteiger partial charge in [-0.3, -0.25) is 4.79 Å². The van der Waals surface area contributed by atoms with Gasteiger partial charge in [-0.1, -0.05) is 29.3 Å². The van der Waals surface area contributed by atoms with Crippen molar-refractivity contribution >= 4 is 34.8 Å². The summed E-state index contributed by atoms with van der Waals surface area (Å²) in [5.74, 6) is 0.762. The summed E-state index contributed by atoms with van der Waals surface area (Å²) in [6.45, 7) is 6.99. The number of hydrogen-bond acceptors (Lipinski definition) is 4. The minimum absolute atomic E-state index is 0.0450.